The molecule has 20 rings (SSSR count). The molecule has 0 radical (unpaired) electrons. The van der Waals surface area contributed by atoms with Crippen molar-refractivity contribution in [1.29, 1.82) is 0 Å². The lowest BCUT2D eigenvalue weighted by atomic mass is 10.0. The van der Waals surface area contributed by atoms with Gasteiger partial charge < -0.3 is 51.9 Å². The molecule has 15 aromatic rings. The van der Waals surface area contributed by atoms with E-state index in [1.807, 2.05) is 110 Å². The third-order valence-corrected chi connectivity index (χ3v) is 28.4. The third kappa shape index (κ3) is 23.2. The van der Waals surface area contributed by atoms with Crippen molar-refractivity contribution in [3.63, 3.8) is 0 Å². The van der Waals surface area contributed by atoms with Crippen LogP contribution in [-0.2, 0) is 0 Å². The number of amides is 5. The monoisotopic (exact) mass is 2000 g/mol. The van der Waals surface area contributed by atoms with Gasteiger partial charge in [0.25, 0.3) is 29.5 Å². The van der Waals surface area contributed by atoms with Crippen LogP contribution in [0.2, 0.25) is 35.2 Å². The number of pyridine rings is 5. The lowest BCUT2D eigenvalue weighted by molar-refractivity contribution is 0.101. The fraction of sp³-hybridized carbons (Fsp3) is 0.356. The third-order valence-electron chi connectivity index (χ3n) is 25.9. The van der Waals surface area contributed by atoms with Crippen LogP contribution < -0.4 is 37.2 Å². The molecule has 0 bridgehead atoms. The van der Waals surface area contributed by atoms with Crippen LogP contribution in [0.5, 0.6) is 0 Å². The van der Waals surface area contributed by atoms with Crippen LogP contribution in [0.4, 0.5) is 28.4 Å². The molecule has 5 aliphatic heterocycles. The van der Waals surface area contributed by atoms with Crippen LogP contribution in [0.1, 0.15) is 208 Å². The molecule has 0 saturated carbocycles. The summed E-state index contributed by atoms with van der Waals surface area (Å²) in [7, 11) is 6.39. The number of nitrogens with one attached hydrogen (secondary N) is 7. The maximum atomic E-state index is 12.8. The average Bonchev–Trinajstić information content (AvgIpc) is 2.03. The second-order valence-electron chi connectivity index (χ2n) is 36.2. The Morgan fingerprint density at radius 1 is 0.312 bits per heavy atom. The maximum Gasteiger partial charge on any atom is 0.258 e. The number of aromatic nitrogens is 15. The van der Waals surface area contributed by atoms with Gasteiger partial charge in [0.15, 0.2) is 28.2 Å². The first kappa shape index (κ1) is 99.4. The molecule has 10 aromatic heterocycles. The fourth-order valence-electron chi connectivity index (χ4n) is 17.6. The minimum atomic E-state index is -0.318. The lowest BCUT2D eigenvalue weighted by Gasteiger charge is -2.29. The van der Waals surface area contributed by atoms with Gasteiger partial charge in [0.2, 0.25) is 0 Å². The highest BCUT2D eigenvalue weighted by Crippen LogP contribution is 2.39. The van der Waals surface area contributed by atoms with Crippen molar-refractivity contribution in [1.82, 2.24) is 99.2 Å². The van der Waals surface area contributed by atoms with E-state index in [1.165, 1.54) is 23.5 Å². The van der Waals surface area contributed by atoms with Crippen LogP contribution in [0.25, 0.3) is 55.2 Å². The van der Waals surface area contributed by atoms with Gasteiger partial charge >= 0.3 is 0 Å². The Bertz CT molecular complexity index is 6850. The molecule has 5 amide bonds. The second-order valence-corrected chi connectivity index (χ2v) is 39.0. The molecule has 0 atom stereocenters. The summed E-state index contributed by atoms with van der Waals surface area (Å²) < 4.78 is 9.75. The topological polar surface area (TPSA) is 333 Å². The number of aryl methyl sites for hydroxylation is 2. The number of carbonyl (C=O) groups is 5. The summed E-state index contributed by atoms with van der Waals surface area (Å²) in [4.78, 5) is 93.0. The molecule has 30 nitrogen and oxygen atoms in total. The highest BCUT2D eigenvalue weighted by Gasteiger charge is 2.31. The van der Waals surface area contributed by atoms with E-state index < -0.39 is 0 Å². The minimum Gasteiger partial charge on any atom is -0.322 e. The van der Waals surface area contributed by atoms with E-state index in [-0.39, 0.29) is 29.5 Å². The number of likely N-dealkylation sites (tertiary alicyclic amines) is 3. The molecule has 5 aliphatic rings. The first-order chi connectivity index (χ1) is 66.6. The predicted octanol–water partition coefficient (Wildman–Crippen LogP) is 21.5. The average molecular weight is 2000 g/mol. The van der Waals surface area contributed by atoms with Gasteiger partial charge in [-0.3, -0.25) is 24.0 Å². The molecule has 0 unspecified atom stereocenters. The van der Waals surface area contributed by atoms with Crippen molar-refractivity contribution >= 4 is 194 Å². The smallest absolute Gasteiger partial charge is 0.258 e. The van der Waals surface area contributed by atoms with Gasteiger partial charge in [0.05, 0.1) is 141 Å². The summed E-state index contributed by atoms with van der Waals surface area (Å²) in [6.07, 6.45) is 24.6. The van der Waals surface area contributed by atoms with Gasteiger partial charge in [-0.05, 0) is 273 Å². The van der Waals surface area contributed by atoms with E-state index in [2.05, 4.69) is 146 Å². The molecule has 5 fully saturated rings. The molecule has 0 aliphatic carbocycles. The Balaban J connectivity index is 0.000000125. The summed E-state index contributed by atoms with van der Waals surface area (Å²) in [5.74, 6) is -0.552. The SMILES string of the molecule is CC(C)c1ccc(NC(=O)c2cnc3c(cnn3C3CCN(C)CC3)c2Cl)cc1.CC(C)c1ccc(NC(=O)c2cnc3c(cnn3C3CCNCC3)c2Cl)cc1.CN1CCC(n2ncc3c(Cl)c(C(=O)Nc4ccc(Cl)cc4)cnc32)CC1.Cc1ccc(NC(=O)c2cnc3c(c(C)nn3C3CCN(C)CC3)c2Cl)cc1.O=C(Nc1ccc(Cl)cc1)c1cnc2c(cnn2C2CCNCC2)c1Cl. The summed E-state index contributed by atoms with van der Waals surface area (Å²) >= 11 is 44.5. The maximum absolute atomic E-state index is 12.8. The standard InChI is InChI=1S/C22H26ClN5O.2C21H24ClN5O.C19H19Cl2N5O.C18H17Cl2N5O/c1-14(2)15-4-6-16(7-5-15)26-22(29)19-12-24-21-18(20(19)23)13-25-28(21)17-8-10-27(3)11-9-17;1-13-4-6-15(7-5-13)24-21(28)17-12-23-20-18(19(17)22)14(2)25-27(20)16-8-10-26(3)11-9-16;1-13(2)14-3-5-15(6-4-14)26-21(28)18-11-24-20-17(19(18)22)12-25-27(20)16-7-9-23-10-8-16;1-25-8-6-14(7-9-25)26-18-15(11-23-26)17(21)16(10-22-18)19(27)24-13-4-2-12(20)3-5-13;19-11-1-3-12(4-2-11)24-18(26)15-9-22-17-14(16(15)20)10-23-25(17)13-5-7-21-8-6-13/h4-7,12-14,17H,8-11H2,1-3H3,(H,26,29);4-7,12,16H,8-11H2,1-3H3,(H,24,28);3-6,11-13,16,23H,7-10H2,1-2H3,(H,26,28);2-5,10-11,14H,6-9H2,1H3,(H,24,27);1-4,9-10,13,21H,5-8H2,(H,24,26). The summed E-state index contributed by atoms with van der Waals surface area (Å²) in [6, 6.07) is 38.7. The summed E-state index contributed by atoms with van der Waals surface area (Å²) in [5, 5.41) is 50.4. The zero-order valence-corrected chi connectivity index (χ0v) is 83.5. The Kier molecular flexibility index (Phi) is 32.5. The van der Waals surface area contributed by atoms with Crippen molar-refractivity contribution < 1.29 is 24.0 Å². The van der Waals surface area contributed by atoms with Gasteiger partial charge in [-0.1, -0.05) is 151 Å². The number of halogens is 7. The van der Waals surface area contributed by atoms with Crippen LogP contribution >= 0.6 is 81.2 Å². The largest absolute Gasteiger partial charge is 0.322 e. The highest BCUT2D eigenvalue weighted by atomic mass is 35.5. The lowest BCUT2D eigenvalue weighted by Crippen LogP contribution is -2.32. The molecule has 37 heteroatoms. The highest BCUT2D eigenvalue weighted by molar-refractivity contribution is 6.41. The van der Waals surface area contributed by atoms with E-state index in [1.54, 1.807) is 91.9 Å². The Hall–Kier alpha value is -11.6. The molecular formula is C101H110Cl7N25O5. The van der Waals surface area contributed by atoms with Gasteiger partial charge in [-0.15, -0.1) is 0 Å². The van der Waals surface area contributed by atoms with Crippen LogP contribution in [0, 0.1) is 13.8 Å². The van der Waals surface area contributed by atoms with Gasteiger partial charge in [-0.25, -0.2) is 48.3 Å². The Labute approximate surface area is 835 Å². The minimum absolute atomic E-state index is 0.269. The molecule has 7 N–H and O–H groups in total. The van der Waals surface area contributed by atoms with E-state index in [4.69, 9.17) is 86.3 Å². The number of anilines is 5. The predicted molar refractivity (Wildman–Crippen MR) is 552 cm³/mol. The van der Waals surface area contributed by atoms with E-state index in [0.717, 1.165) is 186 Å². The van der Waals surface area contributed by atoms with Crippen molar-refractivity contribution in [3.05, 3.63) is 262 Å². The number of nitrogens with zero attached hydrogens (tertiary/aromatic N) is 18. The zero-order valence-electron chi connectivity index (χ0n) is 78.2. The van der Waals surface area contributed by atoms with Gasteiger partial charge in [0, 0.05) is 69.5 Å². The molecule has 5 saturated heterocycles. The molecule has 138 heavy (non-hydrogen) atoms. The first-order valence-electron chi connectivity index (χ1n) is 46.5. The van der Waals surface area contributed by atoms with Crippen molar-refractivity contribution in [2.24, 2.45) is 0 Å². The fourth-order valence-corrected chi connectivity index (χ4v) is 19.3. The van der Waals surface area contributed by atoms with E-state index in [9.17, 15) is 24.0 Å². The number of fused-ring (bicyclic) bond motifs is 5. The Morgan fingerprint density at radius 2 is 0.551 bits per heavy atom. The number of piperidine rings is 5. The molecular weight excluding hydrogens is 1890 g/mol. The molecule has 718 valence electrons. The molecule has 0 spiro atoms. The van der Waals surface area contributed by atoms with Gasteiger partial charge in [0.1, 0.15) is 0 Å². The van der Waals surface area contributed by atoms with Gasteiger partial charge in [-0.2, -0.15) is 25.5 Å². The van der Waals surface area contributed by atoms with Crippen LogP contribution in [0.15, 0.2) is 177 Å². The number of rotatable bonds is 17. The number of benzene rings is 5. The summed E-state index contributed by atoms with van der Waals surface area (Å²) in [6.45, 7) is 22.5. The number of hydrogen-bond acceptors (Lipinski definition) is 20. The van der Waals surface area contributed by atoms with Crippen LogP contribution in [-0.4, -0.2) is 205 Å². The second kappa shape index (κ2) is 45.1. The Morgan fingerprint density at radius 3 is 0.826 bits per heavy atom. The van der Waals surface area contributed by atoms with Crippen molar-refractivity contribution in [2.45, 2.75) is 148 Å². The van der Waals surface area contributed by atoms with Crippen molar-refractivity contribution in [2.75, 3.05) is 113 Å². The zero-order chi connectivity index (χ0) is 97.1. The number of carbonyl (C=O) groups excluding carboxylic acids is 5. The van der Waals surface area contributed by atoms with Crippen molar-refractivity contribution in [3.8, 4) is 0 Å². The quantitative estimate of drug-likeness (QED) is 0.0445. The number of hydrogen-bond donors (Lipinski definition) is 7. The molecule has 5 aromatic carbocycles. The molecule has 15 heterocycles. The first-order valence-corrected chi connectivity index (χ1v) is 49.1. The normalized spacial score (nSPS) is 15.7. The van der Waals surface area contributed by atoms with E-state index in [0.29, 0.717) is 144 Å². The van der Waals surface area contributed by atoms with E-state index >= 15 is 0 Å². The summed E-state index contributed by atoms with van der Waals surface area (Å²) in [5.41, 5.74) is 13.2. The van der Waals surface area contributed by atoms with Crippen LogP contribution in [0.3, 0.4) is 0 Å².